The monoisotopic (exact) mass is 341 g/mol. The molecule has 5 heteroatoms. The molecule has 5 nitrogen and oxygen atoms in total. The van der Waals surface area contributed by atoms with E-state index in [9.17, 15) is 4.79 Å². The number of hydrogen-bond donors (Lipinski definition) is 2. The van der Waals surface area contributed by atoms with Crippen LogP contribution in [0.3, 0.4) is 0 Å². The minimum absolute atomic E-state index is 0.0330. The number of aliphatic hydroxyl groups excluding tert-OH is 1. The third-order valence-corrected chi connectivity index (χ3v) is 4.91. The first kappa shape index (κ1) is 17.7. The molecule has 2 aromatic rings. The SMILES string of the molecule is CCc1ccc(-n2nc(C(=O)NC(C)CCCO)c3c2CCC3)cc1. The third-order valence-electron chi connectivity index (χ3n) is 4.91. The van der Waals surface area contributed by atoms with Crippen molar-refractivity contribution in [3.8, 4) is 5.69 Å². The Kier molecular flexibility index (Phi) is 5.53. The van der Waals surface area contributed by atoms with E-state index in [1.165, 1.54) is 5.56 Å². The minimum Gasteiger partial charge on any atom is -0.396 e. The van der Waals surface area contributed by atoms with Crippen LogP contribution in [-0.4, -0.2) is 33.4 Å². The highest BCUT2D eigenvalue weighted by molar-refractivity contribution is 5.94. The average molecular weight is 341 g/mol. The number of carbonyl (C=O) groups is 1. The topological polar surface area (TPSA) is 67.2 Å². The van der Waals surface area contributed by atoms with Crippen LogP contribution in [-0.2, 0) is 19.3 Å². The van der Waals surface area contributed by atoms with Crippen molar-refractivity contribution in [1.29, 1.82) is 0 Å². The van der Waals surface area contributed by atoms with Gasteiger partial charge in [-0.2, -0.15) is 5.10 Å². The van der Waals surface area contributed by atoms with Crippen molar-refractivity contribution in [2.24, 2.45) is 0 Å². The molecule has 0 aliphatic heterocycles. The lowest BCUT2D eigenvalue weighted by Crippen LogP contribution is -2.33. The van der Waals surface area contributed by atoms with Crippen molar-refractivity contribution < 1.29 is 9.90 Å². The fourth-order valence-corrected chi connectivity index (χ4v) is 3.47. The average Bonchev–Trinajstić information content (AvgIpc) is 3.22. The van der Waals surface area contributed by atoms with Crippen LogP contribution >= 0.6 is 0 Å². The molecule has 0 bridgehead atoms. The quantitative estimate of drug-likeness (QED) is 0.814. The molecule has 1 amide bonds. The second-order valence-corrected chi connectivity index (χ2v) is 6.80. The van der Waals surface area contributed by atoms with Crippen LogP contribution in [0.4, 0.5) is 0 Å². The van der Waals surface area contributed by atoms with Gasteiger partial charge in [0.15, 0.2) is 5.69 Å². The summed E-state index contributed by atoms with van der Waals surface area (Å²) in [6.07, 6.45) is 5.42. The molecule has 1 aliphatic rings. The maximum atomic E-state index is 12.7. The Labute approximate surface area is 149 Å². The number of nitrogens with one attached hydrogen (secondary N) is 1. The largest absolute Gasteiger partial charge is 0.396 e. The Morgan fingerprint density at radius 2 is 2.08 bits per heavy atom. The van der Waals surface area contributed by atoms with Crippen molar-refractivity contribution in [3.63, 3.8) is 0 Å². The molecule has 0 saturated carbocycles. The first-order chi connectivity index (χ1) is 12.1. The summed E-state index contributed by atoms with van der Waals surface area (Å²) in [6.45, 7) is 4.26. The number of amides is 1. The maximum absolute atomic E-state index is 12.7. The number of aliphatic hydroxyl groups is 1. The van der Waals surface area contributed by atoms with Gasteiger partial charge in [-0.3, -0.25) is 4.79 Å². The van der Waals surface area contributed by atoms with E-state index in [1.54, 1.807) is 0 Å². The highest BCUT2D eigenvalue weighted by Gasteiger charge is 2.27. The number of carbonyl (C=O) groups excluding carboxylic acids is 1. The number of rotatable bonds is 7. The van der Waals surface area contributed by atoms with E-state index < -0.39 is 0 Å². The summed E-state index contributed by atoms with van der Waals surface area (Å²) in [5.41, 5.74) is 5.12. The molecule has 25 heavy (non-hydrogen) atoms. The zero-order chi connectivity index (χ0) is 17.8. The van der Waals surface area contributed by atoms with Crippen molar-refractivity contribution in [3.05, 3.63) is 46.8 Å². The molecule has 2 N–H and O–H groups in total. The van der Waals surface area contributed by atoms with Crippen LogP contribution in [0.2, 0.25) is 0 Å². The normalized spacial score (nSPS) is 14.4. The Balaban J connectivity index is 1.85. The zero-order valence-electron chi connectivity index (χ0n) is 15.1. The number of nitrogens with zero attached hydrogens (tertiary/aromatic N) is 2. The second-order valence-electron chi connectivity index (χ2n) is 6.80. The first-order valence-electron chi connectivity index (χ1n) is 9.25. The fraction of sp³-hybridized carbons (Fsp3) is 0.500. The number of hydrogen-bond acceptors (Lipinski definition) is 3. The lowest BCUT2D eigenvalue weighted by atomic mass is 10.1. The molecule has 0 radical (unpaired) electrons. The molecule has 3 rings (SSSR count). The van der Waals surface area contributed by atoms with Gasteiger partial charge in [-0.15, -0.1) is 0 Å². The molecule has 0 spiro atoms. The van der Waals surface area contributed by atoms with Crippen molar-refractivity contribution in [1.82, 2.24) is 15.1 Å². The van der Waals surface area contributed by atoms with Gasteiger partial charge >= 0.3 is 0 Å². The van der Waals surface area contributed by atoms with E-state index >= 15 is 0 Å². The van der Waals surface area contributed by atoms with Crippen LogP contribution in [0.15, 0.2) is 24.3 Å². The maximum Gasteiger partial charge on any atom is 0.272 e. The van der Waals surface area contributed by atoms with Crippen molar-refractivity contribution >= 4 is 5.91 Å². The molecule has 1 atom stereocenters. The first-order valence-corrected chi connectivity index (χ1v) is 9.25. The summed E-state index contributed by atoms with van der Waals surface area (Å²) < 4.78 is 1.94. The summed E-state index contributed by atoms with van der Waals surface area (Å²) in [4.78, 5) is 12.7. The van der Waals surface area contributed by atoms with E-state index in [0.29, 0.717) is 12.1 Å². The smallest absolute Gasteiger partial charge is 0.272 e. The van der Waals surface area contributed by atoms with Crippen LogP contribution in [0.5, 0.6) is 0 Å². The standard InChI is InChI=1S/C20H27N3O2/c1-3-15-9-11-16(12-10-15)23-18-8-4-7-17(18)19(22-23)20(25)21-14(2)6-5-13-24/h9-12,14,24H,3-8,13H2,1-2H3,(H,21,25). The number of benzene rings is 1. The molecule has 0 saturated heterocycles. The summed E-state index contributed by atoms with van der Waals surface area (Å²) >= 11 is 0. The molecule has 0 fully saturated rings. The van der Waals surface area contributed by atoms with Crippen LogP contribution < -0.4 is 5.32 Å². The molecule has 1 heterocycles. The highest BCUT2D eigenvalue weighted by atomic mass is 16.3. The Morgan fingerprint density at radius 3 is 2.76 bits per heavy atom. The fourth-order valence-electron chi connectivity index (χ4n) is 3.47. The Bertz CT molecular complexity index is 734. The second kappa shape index (κ2) is 7.83. The lowest BCUT2D eigenvalue weighted by Gasteiger charge is -2.12. The number of aryl methyl sites for hydroxylation is 1. The molecule has 1 aromatic heterocycles. The molecule has 1 aromatic carbocycles. The van der Waals surface area contributed by atoms with Crippen LogP contribution in [0.25, 0.3) is 5.69 Å². The molecular formula is C20H27N3O2. The van der Waals surface area contributed by atoms with Gasteiger partial charge in [0.1, 0.15) is 0 Å². The van der Waals surface area contributed by atoms with Crippen LogP contribution in [0.1, 0.15) is 60.4 Å². The van der Waals surface area contributed by atoms with E-state index in [-0.39, 0.29) is 18.6 Å². The third kappa shape index (κ3) is 3.76. The molecule has 1 unspecified atom stereocenters. The highest BCUT2D eigenvalue weighted by Crippen LogP contribution is 2.28. The molecule has 1 aliphatic carbocycles. The van der Waals surface area contributed by atoms with Gasteiger partial charge < -0.3 is 10.4 Å². The summed E-state index contributed by atoms with van der Waals surface area (Å²) in [5.74, 6) is -0.104. The Morgan fingerprint density at radius 1 is 1.32 bits per heavy atom. The van der Waals surface area contributed by atoms with Gasteiger partial charge in [-0.1, -0.05) is 19.1 Å². The van der Waals surface area contributed by atoms with Gasteiger partial charge in [0, 0.05) is 23.9 Å². The Hall–Kier alpha value is -2.14. The van der Waals surface area contributed by atoms with Gasteiger partial charge in [-0.25, -0.2) is 4.68 Å². The van der Waals surface area contributed by atoms with Gasteiger partial charge in [0.25, 0.3) is 5.91 Å². The van der Waals surface area contributed by atoms with E-state index in [1.807, 2.05) is 11.6 Å². The number of aromatic nitrogens is 2. The molecule has 134 valence electrons. The van der Waals surface area contributed by atoms with Gasteiger partial charge in [0.2, 0.25) is 0 Å². The van der Waals surface area contributed by atoms with Gasteiger partial charge in [-0.05, 0) is 63.1 Å². The van der Waals surface area contributed by atoms with E-state index in [2.05, 4.69) is 41.6 Å². The summed E-state index contributed by atoms with van der Waals surface area (Å²) in [5, 5.41) is 16.6. The summed E-state index contributed by atoms with van der Waals surface area (Å²) in [6, 6.07) is 8.43. The number of fused-ring (bicyclic) bond motifs is 1. The minimum atomic E-state index is -0.104. The van der Waals surface area contributed by atoms with Gasteiger partial charge in [0.05, 0.1) is 5.69 Å². The van der Waals surface area contributed by atoms with E-state index in [4.69, 9.17) is 5.11 Å². The van der Waals surface area contributed by atoms with Crippen molar-refractivity contribution in [2.75, 3.05) is 6.61 Å². The summed E-state index contributed by atoms with van der Waals surface area (Å²) in [7, 11) is 0. The lowest BCUT2D eigenvalue weighted by molar-refractivity contribution is 0.0930. The van der Waals surface area contributed by atoms with Crippen molar-refractivity contribution in [2.45, 2.75) is 58.4 Å². The molecular weight excluding hydrogens is 314 g/mol. The zero-order valence-corrected chi connectivity index (χ0v) is 15.1. The van der Waals surface area contributed by atoms with Crippen LogP contribution in [0, 0.1) is 0 Å². The predicted molar refractivity (Wildman–Crippen MR) is 98.2 cm³/mol. The predicted octanol–water partition coefficient (Wildman–Crippen LogP) is 2.81. The van der Waals surface area contributed by atoms with E-state index in [0.717, 1.165) is 49.0 Å².